The van der Waals surface area contributed by atoms with Crippen LogP contribution in [0.2, 0.25) is 0 Å². The van der Waals surface area contributed by atoms with Gasteiger partial charge in [0.2, 0.25) is 17.6 Å². The highest BCUT2D eigenvalue weighted by atomic mass is 79.9. The van der Waals surface area contributed by atoms with Crippen molar-refractivity contribution in [2.24, 2.45) is 17.8 Å². The van der Waals surface area contributed by atoms with Gasteiger partial charge in [-0.2, -0.15) is 0 Å². The number of fused-ring (bicyclic) bond motifs is 2. The van der Waals surface area contributed by atoms with Gasteiger partial charge in [0.25, 0.3) is 0 Å². The van der Waals surface area contributed by atoms with Crippen LogP contribution in [0.5, 0.6) is 0 Å². The van der Waals surface area contributed by atoms with Crippen LogP contribution in [0, 0.1) is 17.8 Å². The first kappa shape index (κ1) is 29.6. The Balaban J connectivity index is 1.35. The van der Waals surface area contributed by atoms with Crippen molar-refractivity contribution in [3.8, 4) is 11.3 Å². The van der Waals surface area contributed by atoms with Gasteiger partial charge in [0.1, 0.15) is 0 Å². The largest absolute Gasteiger partial charge is 0.451 e. The molecule has 2 amide bonds. The SMILES string of the molecule is CCc1cc(Br)cc2c(C(=O)OC(C)C(=O)c3ccccc3)cc(-c3ccc(N4C(=O)C5CC=CC(C)C5C4=O)cc3)nc12. The number of hydrogen-bond donors (Lipinski definition) is 0. The highest BCUT2D eigenvalue weighted by Gasteiger charge is 2.50. The van der Waals surface area contributed by atoms with Gasteiger partial charge in [0.15, 0.2) is 6.10 Å². The Morgan fingerprint density at radius 1 is 1.02 bits per heavy atom. The minimum atomic E-state index is -0.995. The quantitative estimate of drug-likeness (QED) is 0.0898. The van der Waals surface area contributed by atoms with E-state index in [9.17, 15) is 19.2 Å². The number of aryl methyl sites for hydroxylation is 1. The Morgan fingerprint density at radius 2 is 1.75 bits per heavy atom. The predicted molar refractivity (Wildman–Crippen MR) is 172 cm³/mol. The van der Waals surface area contributed by atoms with Crippen molar-refractivity contribution in [2.75, 3.05) is 4.90 Å². The molecular formula is C36H31BrN2O5. The van der Waals surface area contributed by atoms with Gasteiger partial charge in [0.05, 0.1) is 34.3 Å². The van der Waals surface area contributed by atoms with Gasteiger partial charge in [-0.25, -0.2) is 9.78 Å². The zero-order valence-corrected chi connectivity index (χ0v) is 26.2. The molecule has 1 aromatic heterocycles. The van der Waals surface area contributed by atoms with E-state index >= 15 is 0 Å². The van der Waals surface area contributed by atoms with Crippen LogP contribution in [-0.2, 0) is 20.7 Å². The Bertz CT molecular complexity index is 1830. The topological polar surface area (TPSA) is 93.6 Å². The molecule has 0 radical (unpaired) electrons. The second kappa shape index (κ2) is 11.9. The van der Waals surface area contributed by atoms with Crippen LogP contribution in [0.15, 0.2) is 89.4 Å². The van der Waals surface area contributed by atoms with Crippen LogP contribution in [-0.4, -0.2) is 34.7 Å². The molecule has 4 unspecified atom stereocenters. The fourth-order valence-corrected chi connectivity index (χ4v) is 6.75. The number of pyridine rings is 1. The third-order valence-corrected chi connectivity index (χ3v) is 9.02. The van der Waals surface area contributed by atoms with E-state index in [2.05, 4.69) is 15.9 Å². The number of hydrogen-bond acceptors (Lipinski definition) is 6. The van der Waals surface area contributed by atoms with E-state index in [4.69, 9.17) is 9.72 Å². The fraction of sp³-hybridized carbons (Fsp3) is 0.250. The molecule has 1 aliphatic heterocycles. The maximum absolute atomic E-state index is 13.6. The van der Waals surface area contributed by atoms with Crippen molar-refractivity contribution < 1.29 is 23.9 Å². The van der Waals surface area contributed by atoms with Gasteiger partial charge in [-0.05, 0) is 61.6 Å². The van der Waals surface area contributed by atoms with Crippen molar-refractivity contribution in [1.29, 1.82) is 0 Å². The summed E-state index contributed by atoms with van der Waals surface area (Å²) in [6, 6.07) is 21.3. The van der Waals surface area contributed by atoms with Gasteiger partial charge in [-0.3, -0.25) is 19.3 Å². The van der Waals surface area contributed by atoms with Crippen molar-refractivity contribution in [1.82, 2.24) is 4.98 Å². The van der Waals surface area contributed by atoms with Crippen molar-refractivity contribution in [2.45, 2.75) is 39.7 Å². The Kier molecular flexibility index (Phi) is 8.03. The Morgan fingerprint density at radius 3 is 2.43 bits per heavy atom. The van der Waals surface area contributed by atoms with Crippen LogP contribution in [0.4, 0.5) is 5.69 Å². The molecule has 0 spiro atoms. The summed E-state index contributed by atoms with van der Waals surface area (Å²) in [6.07, 6.45) is 4.25. The van der Waals surface area contributed by atoms with Gasteiger partial charge in [0, 0.05) is 21.0 Å². The molecule has 0 saturated carbocycles. The van der Waals surface area contributed by atoms with Crippen molar-refractivity contribution in [3.63, 3.8) is 0 Å². The summed E-state index contributed by atoms with van der Waals surface area (Å²) in [5.41, 5.74) is 4.08. The highest BCUT2D eigenvalue weighted by Crippen LogP contribution is 2.41. The number of Topliss-reactive ketones (excluding diaryl/α,β-unsaturated/α-hetero) is 1. The van der Waals surface area contributed by atoms with Gasteiger partial charge < -0.3 is 4.74 Å². The fourth-order valence-electron chi connectivity index (χ4n) is 6.24. The molecule has 3 aromatic carbocycles. The molecule has 6 rings (SSSR count). The predicted octanol–water partition coefficient (Wildman–Crippen LogP) is 7.36. The second-order valence-corrected chi connectivity index (χ2v) is 12.3. The van der Waals surface area contributed by atoms with E-state index < -0.39 is 12.1 Å². The van der Waals surface area contributed by atoms with E-state index in [0.29, 0.717) is 46.3 Å². The number of allylic oxidation sites excluding steroid dienone is 2. The summed E-state index contributed by atoms with van der Waals surface area (Å²) in [6.45, 7) is 5.55. The number of benzene rings is 3. The normalized spacial score (nSPS) is 20.1. The average Bonchev–Trinajstić information content (AvgIpc) is 3.30. The Labute approximate surface area is 264 Å². The van der Waals surface area contributed by atoms with E-state index in [1.54, 1.807) is 61.5 Å². The number of anilines is 1. The molecule has 2 heterocycles. The van der Waals surface area contributed by atoms with Crippen molar-refractivity contribution >= 4 is 56.1 Å². The first-order valence-electron chi connectivity index (χ1n) is 14.8. The van der Waals surface area contributed by atoms with Crippen molar-refractivity contribution in [3.05, 3.63) is 106 Å². The van der Waals surface area contributed by atoms with Gasteiger partial charge in [-0.1, -0.05) is 84.4 Å². The van der Waals surface area contributed by atoms with Crippen LogP contribution in [0.25, 0.3) is 22.2 Å². The second-order valence-electron chi connectivity index (χ2n) is 11.4. The lowest BCUT2D eigenvalue weighted by atomic mass is 9.78. The lowest BCUT2D eigenvalue weighted by Crippen LogP contribution is -2.31. The minimum absolute atomic E-state index is 0.00736. The number of amides is 2. The number of imide groups is 1. The number of nitrogens with zero attached hydrogens (tertiary/aromatic N) is 2. The number of ketones is 1. The molecule has 0 bridgehead atoms. The number of esters is 1. The molecule has 2 aliphatic rings. The maximum atomic E-state index is 13.6. The molecular weight excluding hydrogens is 620 g/mol. The molecule has 7 nitrogen and oxygen atoms in total. The molecule has 4 atom stereocenters. The molecule has 4 aromatic rings. The minimum Gasteiger partial charge on any atom is -0.451 e. The molecule has 1 aliphatic carbocycles. The molecule has 8 heteroatoms. The average molecular weight is 652 g/mol. The maximum Gasteiger partial charge on any atom is 0.339 e. The van der Waals surface area contributed by atoms with E-state index in [1.807, 2.05) is 44.2 Å². The lowest BCUT2D eigenvalue weighted by molar-refractivity contribution is -0.122. The summed E-state index contributed by atoms with van der Waals surface area (Å²) in [5.74, 6) is -1.93. The third kappa shape index (κ3) is 5.28. The lowest BCUT2D eigenvalue weighted by Gasteiger charge is -2.22. The van der Waals surface area contributed by atoms with E-state index in [-0.39, 0.29) is 40.9 Å². The highest BCUT2D eigenvalue weighted by molar-refractivity contribution is 9.10. The van der Waals surface area contributed by atoms with E-state index in [0.717, 1.165) is 10.0 Å². The zero-order chi connectivity index (χ0) is 31.1. The van der Waals surface area contributed by atoms with Gasteiger partial charge in [-0.15, -0.1) is 0 Å². The molecule has 222 valence electrons. The van der Waals surface area contributed by atoms with Crippen LogP contribution < -0.4 is 4.90 Å². The summed E-state index contributed by atoms with van der Waals surface area (Å²) >= 11 is 3.55. The van der Waals surface area contributed by atoms with Crippen LogP contribution in [0.3, 0.4) is 0 Å². The number of carbonyl (C=O) groups excluding carboxylic acids is 4. The number of ether oxygens (including phenoxy) is 1. The number of carbonyl (C=O) groups is 4. The van der Waals surface area contributed by atoms with E-state index in [1.165, 1.54) is 4.90 Å². The summed E-state index contributed by atoms with van der Waals surface area (Å²) in [5, 5.41) is 0.611. The monoisotopic (exact) mass is 650 g/mol. The van der Waals surface area contributed by atoms with Crippen LogP contribution >= 0.6 is 15.9 Å². The zero-order valence-electron chi connectivity index (χ0n) is 24.6. The first-order valence-corrected chi connectivity index (χ1v) is 15.6. The molecule has 1 fully saturated rings. The standard InChI is InChI=1S/C36H31BrN2O5/c1-4-22-17-25(37)18-28-29(36(43)44-21(3)33(40)24-10-6-5-7-11-24)19-30(38-32(22)28)23-13-15-26(16-14-23)39-34(41)27-12-8-9-20(2)31(27)35(39)42/h5-11,13-21,27,31H,4,12H2,1-3H3. The van der Waals surface area contributed by atoms with Gasteiger partial charge >= 0.3 is 5.97 Å². The third-order valence-electron chi connectivity index (χ3n) is 8.56. The van der Waals surface area contributed by atoms with Crippen LogP contribution in [0.1, 0.15) is 53.5 Å². The first-order chi connectivity index (χ1) is 21.2. The summed E-state index contributed by atoms with van der Waals surface area (Å²) < 4.78 is 6.51. The number of aromatic nitrogens is 1. The Hall–Kier alpha value is -4.43. The number of halogens is 1. The smallest absolute Gasteiger partial charge is 0.339 e. The number of rotatable bonds is 7. The molecule has 1 saturated heterocycles. The molecule has 44 heavy (non-hydrogen) atoms. The summed E-state index contributed by atoms with van der Waals surface area (Å²) in [4.78, 5) is 59.3. The molecule has 0 N–H and O–H groups in total. The summed E-state index contributed by atoms with van der Waals surface area (Å²) in [7, 11) is 0.